The molecule has 0 aromatic heterocycles. The fourth-order valence-corrected chi connectivity index (χ4v) is 2.35. The van der Waals surface area contributed by atoms with Crippen molar-refractivity contribution in [3.63, 3.8) is 0 Å². The van der Waals surface area contributed by atoms with Crippen LogP contribution in [0.15, 0.2) is 72.9 Å². The zero-order valence-corrected chi connectivity index (χ0v) is 18.7. The van der Waals surface area contributed by atoms with Crippen LogP contribution < -0.4 is 5.32 Å². The van der Waals surface area contributed by atoms with Crippen molar-refractivity contribution in [2.75, 3.05) is 13.7 Å². The Balaban J connectivity index is 3.58. The maximum Gasteiger partial charge on any atom is 0.307 e. The summed E-state index contributed by atoms with van der Waals surface area (Å²) in [5.74, 6) is -0.356. The van der Waals surface area contributed by atoms with Crippen LogP contribution in [0.2, 0.25) is 0 Å². The van der Waals surface area contributed by atoms with E-state index in [9.17, 15) is 9.59 Å². The topological polar surface area (TPSA) is 55.4 Å². The second-order valence-electron chi connectivity index (χ2n) is 6.63. The van der Waals surface area contributed by atoms with E-state index in [4.69, 9.17) is 0 Å². The van der Waals surface area contributed by atoms with E-state index < -0.39 is 0 Å². The minimum absolute atomic E-state index is 0.0431. The van der Waals surface area contributed by atoms with Crippen molar-refractivity contribution in [3.05, 3.63) is 72.9 Å². The molecule has 166 valence electrons. The summed E-state index contributed by atoms with van der Waals surface area (Å²) in [5.41, 5.74) is 0. The Morgan fingerprint density at radius 1 is 0.667 bits per heavy atom. The van der Waals surface area contributed by atoms with Gasteiger partial charge in [-0.2, -0.15) is 0 Å². The molecule has 0 saturated carbocycles. The van der Waals surface area contributed by atoms with Crippen molar-refractivity contribution in [1.29, 1.82) is 0 Å². The first-order valence-electron chi connectivity index (χ1n) is 10.9. The molecule has 0 fully saturated rings. The monoisotopic (exact) mass is 413 g/mol. The fourth-order valence-electron chi connectivity index (χ4n) is 2.35. The lowest BCUT2D eigenvalue weighted by atomic mass is 10.2. The third kappa shape index (κ3) is 21.7. The normalized spacial score (nSPS) is 12.5. The second kappa shape index (κ2) is 22.7. The van der Waals surface area contributed by atoms with Crippen molar-refractivity contribution in [2.45, 2.75) is 64.7 Å². The van der Waals surface area contributed by atoms with Crippen molar-refractivity contribution >= 4 is 11.9 Å². The summed E-state index contributed by atoms with van der Waals surface area (Å²) in [6, 6.07) is 0. The van der Waals surface area contributed by atoms with Crippen LogP contribution in [-0.2, 0) is 14.3 Å². The van der Waals surface area contributed by atoms with Gasteiger partial charge < -0.3 is 10.1 Å². The Bertz CT molecular complexity index is 610. The summed E-state index contributed by atoms with van der Waals surface area (Å²) in [5, 5.41) is 2.70. The van der Waals surface area contributed by atoms with Gasteiger partial charge in [-0.05, 0) is 44.9 Å². The Hall–Kier alpha value is -2.62. The largest absolute Gasteiger partial charge is 0.469 e. The number of rotatable bonds is 17. The molecule has 0 aliphatic heterocycles. The van der Waals surface area contributed by atoms with Gasteiger partial charge in [0.2, 0.25) is 5.91 Å². The lowest BCUT2D eigenvalue weighted by molar-refractivity contribution is -0.140. The summed E-state index contributed by atoms with van der Waals surface area (Å²) in [6.45, 7) is 2.48. The van der Waals surface area contributed by atoms with Crippen LogP contribution in [0, 0.1) is 0 Å². The van der Waals surface area contributed by atoms with E-state index in [-0.39, 0.29) is 18.3 Å². The first-order chi connectivity index (χ1) is 14.7. The Morgan fingerprint density at radius 3 is 1.53 bits per heavy atom. The van der Waals surface area contributed by atoms with Gasteiger partial charge in [-0.15, -0.1) is 0 Å². The van der Waals surface area contributed by atoms with Gasteiger partial charge in [-0.25, -0.2) is 0 Å². The minimum Gasteiger partial charge on any atom is -0.469 e. The third-order valence-electron chi connectivity index (χ3n) is 4.01. The lowest BCUT2D eigenvalue weighted by Gasteiger charge is -2.02. The Labute approximate surface area is 183 Å². The molecule has 0 bridgehead atoms. The Morgan fingerprint density at radius 2 is 1.10 bits per heavy atom. The molecule has 4 nitrogen and oxygen atoms in total. The Kier molecular flexibility index (Phi) is 20.7. The number of allylic oxidation sites excluding steroid dienone is 12. The van der Waals surface area contributed by atoms with E-state index in [2.05, 4.69) is 83.8 Å². The van der Waals surface area contributed by atoms with Crippen molar-refractivity contribution < 1.29 is 14.3 Å². The SMILES string of the molecule is CCC=CCC=CCC=CCC=CCC=CCC=CCCC(=O)NCCC(=O)OC. The first kappa shape index (κ1) is 27.4. The quantitative estimate of drug-likeness (QED) is 0.230. The second-order valence-corrected chi connectivity index (χ2v) is 6.63. The third-order valence-corrected chi connectivity index (χ3v) is 4.01. The molecule has 0 aromatic rings. The molecule has 0 radical (unpaired) electrons. The van der Waals surface area contributed by atoms with Gasteiger partial charge in [0.25, 0.3) is 0 Å². The molecule has 0 heterocycles. The van der Waals surface area contributed by atoms with Crippen LogP contribution in [0.1, 0.15) is 64.7 Å². The van der Waals surface area contributed by atoms with E-state index in [1.807, 2.05) is 6.08 Å². The molecule has 30 heavy (non-hydrogen) atoms. The summed E-state index contributed by atoms with van der Waals surface area (Å²) < 4.78 is 4.52. The fraction of sp³-hybridized carbons (Fsp3) is 0.462. The maximum atomic E-state index is 11.6. The van der Waals surface area contributed by atoms with E-state index in [1.54, 1.807) is 0 Å². The van der Waals surface area contributed by atoms with Gasteiger partial charge in [0.1, 0.15) is 0 Å². The highest BCUT2D eigenvalue weighted by molar-refractivity contribution is 5.77. The molecule has 0 aromatic carbocycles. The van der Waals surface area contributed by atoms with Crippen molar-refractivity contribution in [3.8, 4) is 0 Å². The summed E-state index contributed by atoms with van der Waals surface area (Å²) in [7, 11) is 1.34. The molecule has 0 aliphatic carbocycles. The molecule has 0 saturated heterocycles. The number of carbonyl (C=O) groups excluding carboxylic acids is 2. The van der Waals surface area contributed by atoms with Gasteiger partial charge in [-0.1, -0.05) is 79.8 Å². The smallest absolute Gasteiger partial charge is 0.307 e. The van der Waals surface area contributed by atoms with Crippen LogP contribution in [0.3, 0.4) is 0 Å². The van der Waals surface area contributed by atoms with Crippen molar-refractivity contribution in [2.24, 2.45) is 0 Å². The zero-order valence-electron chi connectivity index (χ0n) is 18.7. The van der Waals surface area contributed by atoms with Gasteiger partial charge in [0, 0.05) is 13.0 Å². The molecule has 4 heteroatoms. The average Bonchev–Trinajstić information content (AvgIpc) is 2.75. The van der Waals surface area contributed by atoms with Crippen LogP contribution in [-0.4, -0.2) is 25.5 Å². The van der Waals surface area contributed by atoms with E-state index in [1.165, 1.54) is 7.11 Å². The van der Waals surface area contributed by atoms with Crippen molar-refractivity contribution in [1.82, 2.24) is 5.32 Å². The number of esters is 1. The van der Waals surface area contributed by atoms with E-state index in [0.717, 1.165) is 38.5 Å². The van der Waals surface area contributed by atoms with Crippen LogP contribution >= 0.6 is 0 Å². The van der Waals surface area contributed by atoms with E-state index in [0.29, 0.717) is 19.4 Å². The average molecular weight is 414 g/mol. The highest BCUT2D eigenvalue weighted by Crippen LogP contribution is 1.98. The number of carbonyl (C=O) groups is 2. The molecule has 1 N–H and O–H groups in total. The number of methoxy groups -OCH3 is 1. The number of hydrogen-bond acceptors (Lipinski definition) is 3. The molecular weight excluding hydrogens is 374 g/mol. The number of hydrogen-bond donors (Lipinski definition) is 1. The molecule has 0 aliphatic rings. The predicted molar refractivity (Wildman–Crippen MR) is 127 cm³/mol. The van der Waals surface area contributed by atoms with Gasteiger partial charge in [0.05, 0.1) is 13.5 Å². The lowest BCUT2D eigenvalue weighted by Crippen LogP contribution is -2.25. The van der Waals surface area contributed by atoms with Gasteiger partial charge in [0.15, 0.2) is 0 Å². The number of nitrogens with one attached hydrogen (secondary N) is 1. The van der Waals surface area contributed by atoms with Crippen LogP contribution in [0.25, 0.3) is 0 Å². The number of ether oxygens (including phenoxy) is 1. The summed E-state index contributed by atoms with van der Waals surface area (Å²) >= 11 is 0. The molecule has 1 amide bonds. The van der Waals surface area contributed by atoms with E-state index >= 15 is 0 Å². The van der Waals surface area contributed by atoms with Crippen LogP contribution in [0.4, 0.5) is 0 Å². The maximum absolute atomic E-state index is 11.6. The standard InChI is InChI=1S/C26H39NO3/c1-3-4-5-6-7-8-9-10-11-12-13-14-15-16-17-18-19-20-21-22-25(28)27-24-23-26(29)30-2/h4-5,7-8,10-11,13-14,16-17,19-20H,3,6,9,12,15,18,21-24H2,1-2H3,(H,27,28). The van der Waals surface area contributed by atoms with Gasteiger partial charge >= 0.3 is 5.97 Å². The molecule has 0 rings (SSSR count). The highest BCUT2D eigenvalue weighted by atomic mass is 16.5. The molecule has 0 spiro atoms. The molecule has 0 unspecified atom stereocenters. The number of amides is 1. The molecular formula is C26H39NO3. The predicted octanol–water partition coefficient (Wildman–Crippen LogP) is 6.14. The highest BCUT2D eigenvalue weighted by Gasteiger charge is 2.02. The molecule has 0 atom stereocenters. The zero-order chi connectivity index (χ0) is 22.1. The summed E-state index contributed by atoms with van der Waals surface area (Å²) in [6.07, 6.45) is 33.2. The van der Waals surface area contributed by atoms with Crippen LogP contribution in [0.5, 0.6) is 0 Å². The minimum atomic E-state index is -0.313. The summed E-state index contributed by atoms with van der Waals surface area (Å²) in [4.78, 5) is 22.5. The van der Waals surface area contributed by atoms with Gasteiger partial charge in [-0.3, -0.25) is 9.59 Å². The first-order valence-corrected chi connectivity index (χ1v) is 10.9.